The third kappa shape index (κ3) is 2.96. The molecule has 0 fully saturated rings. The molecule has 22 heavy (non-hydrogen) atoms. The van der Waals surface area contributed by atoms with E-state index in [2.05, 4.69) is 10.3 Å². The van der Waals surface area contributed by atoms with Crippen LogP contribution in [0.15, 0.2) is 24.3 Å². The Kier molecular flexibility index (Phi) is 5.11. The average Bonchev–Trinajstić information content (AvgIpc) is 2.54. The summed E-state index contributed by atoms with van der Waals surface area (Å²) in [5, 5.41) is 4.96. The molecule has 7 heteroatoms. The molecule has 2 aromatic rings. The third-order valence-corrected chi connectivity index (χ3v) is 3.60. The summed E-state index contributed by atoms with van der Waals surface area (Å²) < 4.78 is 9.96. The second-order valence-corrected chi connectivity index (χ2v) is 5.04. The fourth-order valence-corrected chi connectivity index (χ4v) is 2.41. The first-order valence-corrected chi connectivity index (χ1v) is 7.00. The van der Waals surface area contributed by atoms with E-state index >= 15 is 0 Å². The summed E-state index contributed by atoms with van der Waals surface area (Å²) in [6.45, 7) is 0. The van der Waals surface area contributed by atoms with Gasteiger partial charge >= 0.3 is 5.97 Å². The van der Waals surface area contributed by atoms with Crippen molar-refractivity contribution in [3.8, 4) is 17.0 Å². The van der Waals surface area contributed by atoms with E-state index in [1.54, 1.807) is 31.3 Å². The van der Waals surface area contributed by atoms with Gasteiger partial charge in [-0.15, -0.1) is 7.05 Å². The minimum Gasteiger partial charge on any atom is -0.683 e. The van der Waals surface area contributed by atoms with Gasteiger partial charge in [0.15, 0.2) is 5.69 Å². The maximum Gasteiger partial charge on any atom is 0.360 e. The van der Waals surface area contributed by atoms with Crippen molar-refractivity contribution in [2.24, 2.45) is 0 Å². The minimum absolute atomic E-state index is 0.0138. The van der Waals surface area contributed by atoms with Crippen molar-refractivity contribution in [1.82, 2.24) is 4.98 Å². The SMILES string of the molecule is C[N-]c1c(Cl)c(-c2ccc(Cl)cc2)nc(C(=O)OC)c1OC. The van der Waals surface area contributed by atoms with Gasteiger partial charge in [0.2, 0.25) is 0 Å². The quantitative estimate of drug-likeness (QED) is 0.770. The number of hydrogen-bond donors (Lipinski definition) is 0. The van der Waals surface area contributed by atoms with Crippen molar-refractivity contribution < 1.29 is 14.3 Å². The molecular weight excluding hydrogens is 327 g/mol. The lowest BCUT2D eigenvalue weighted by Gasteiger charge is -2.24. The molecule has 0 aliphatic heterocycles. The van der Waals surface area contributed by atoms with Crippen LogP contribution >= 0.6 is 23.2 Å². The molecule has 1 aromatic carbocycles. The van der Waals surface area contributed by atoms with E-state index < -0.39 is 5.97 Å². The smallest absolute Gasteiger partial charge is 0.360 e. The highest BCUT2D eigenvalue weighted by molar-refractivity contribution is 6.36. The van der Waals surface area contributed by atoms with Gasteiger partial charge in [-0.05, 0) is 12.1 Å². The highest BCUT2D eigenvalue weighted by atomic mass is 35.5. The number of hydrogen-bond acceptors (Lipinski definition) is 4. The van der Waals surface area contributed by atoms with Gasteiger partial charge in [0.25, 0.3) is 0 Å². The summed E-state index contributed by atoms with van der Waals surface area (Å²) in [5.74, 6) is -0.453. The number of nitrogens with zero attached hydrogens (tertiary/aromatic N) is 2. The first-order valence-electron chi connectivity index (χ1n) is 6.25. The van der Waals surface area contributed by atoms with Crippen LogP contribution in [0.2, 0.25) is 10.0 Å². The fraction of sp³-hybridized carbons (Fsp3) is 0.200. The molecule has 1 heterocycles. The summed E-state index contributed by atoms with van der Waals surface area (Å²) >= 11 is 12.2. The number of halogens is 2. The number of carbonyl (C=O) groups excluding carboxylic acids is 1. The van der Waals surface area contributed by atoms with Gasteiger partial charge in [0.1, 0.15) is 5.75 Å². The van der Waals surface area contributed by atoms with E-state index in [0.29, 0.717) is 22.0 Å². The zero-order valence-corrected chi connectivity index (χ0v) is 13.7. The summed E-state index contributed by atoms with van der Waals surface area (Å²) in [4.78, 5) is 16.2. The Morgan fingerprint density at radius 3 is 2.32 bits per heavy atom. The number of pyridine rings is 1. The van der Waals surface area contributed by atoms with Gasteiger partial charge in [-0.25, -0.2) is 9.78 Å². The molecule has 0 radical (unpaired) electrons. The largest absolute Gasteiger partial charge is 0.683 e. The van der Waals surface area contributed by atoms with Crippen LogP contribution in [0.3, 0.4) is 0 Å². The molecule has 0 aliphatic rings. The van der Waals surface area contributed by atoms with Gasteiger partial charge in [-0.1, -0.05) is 41.0 Å². The number of benzene rings is 1. The van der Waals surface area contributed by atoms with Gasteiger partial charge in [0, 0.05) is 10.6 Å². The number of methoxy groups -OCH3 is 2. The monoisotopic (exact) mass is 339 g/mol. The van der Waals surface area contributed by atoms with E-state index in [1.165, 1.54) is 14.2 Å². The van der Waals surface area contributed by atoms with Crippen molar-refractivity contribution in [1.29, 1.82) is 0 Å². The Morgan fingerprint density at radius 1 is 1.18 bits per heavy atom. The first kappa shape index (κ1) is 16.4. The van der Waals surface area contributed by atoms with Crippen molar-refractivity contribution in [3.63, 3.8) is 0 Å². The molecule has 2 rings (SSSR count). The van der Waals surface area contributed by atoms with Crippen molar-refractivity contribution in [2.45, 2.75) is 0 Å². The number of carbonyl (C=O) groups is 1. The Balaban J connectivity index is 2.74. The lowest BCUT2D eigenvalue weighted by molar-refractivity contribution is 0.0590. The number of aromatic nitrogens is 1. The van der Waals surface area contributed by atoms with Crippen LogP contribution in [0.25, 0.3) is 16.6 Å². The lowest BCUT2D eigenvalue weighted by atomic mass is 10.1. The highest BCUT2D eigenvalue weighted by Crippen LogP contribution is 2.44. The molecule has 0 aliphatic carbocycles. The Labute approximate surface area is 138 Å². The van der Waals surface area contributed by atoms with E-state index in [0.717, 1.165) is 0 Å². The predicted octanol–water partition coefficient (Wildman–Crippen LogP) is 4.49. The molecule has 0 unspecified atom stereocenters. The maximum atomic E-state index is 11.9. The van der Waals surface area contributed by atoms with Crippen LogP contribution in [0.4, 0.5) is 5.69 Å². The van der Waals surface area contributed by atoms with Crippen molar-refractivity contribution in [3.05, 3.63) is 45.3 Å². The van der Waals surface area contributed by atoms with Gasteiger partial charge in [-0.2, -0.15) is 0 Å². The van der Waals surface area contributed by atoms with Crippen molar-refractivity contribution in [2.75, 3.05) is 21.3 Å². The Bertz CT molecular complexity index is 703. The molecule has 0 saturated heterocycles. The first-order chi connectivity index (χ1) is 10.5. The molecule has 0 spiro atoms. The topological polar surface area (TPSA) is 62.5 Å². The van der Waals surface area contributed by atoms with Crippen LogP contribution < -0.4 is 4.74 Å². The van der Waals surface area contributed by atoms with Crippen LogP contribution in [0, 0.1) is 0 Å². The van der Waals surface area contributed by atoms with E-state index in [9.17, 15) is 4.79 Å². The van der Waals surface area contributed by atoms with E-state index in [-0.39, 0.29) is 16.5 Å². The highest BCUT2D eigenvalue weighted by Gasteiger charge is 2.21. The molecule has 0 saturated carbocycles. The van der Waals surface area contributed by atoms with E-state index in [1.807, 2.05) is 0 Å². The third-order valence-electron chi connectivity index (χ3n) is 2.99. The molecule has 116 valence electrons. The summed E-state index contributed by atoms with van der Waals surface area (Å²) in [6.07, 6.45) is 0. The number of rotatable bonds is 4. The van der Waals surface area contributed by atoms with Crippen LogP contribution in [0.5, 0.6) is 5.75 Å². The van der Waals surface area contributed by atoms with Gasteiger partial charge < -0.3 is 14.8 Å². The second-order valence-electron chi connectivity index (χ2n) is 4.23. The molecule has 1 aromatic heterocycles. The zero-order valence-electron chi connectivity index (χ0n) is 12.2. The molecule has 0 N–H and O–H groups in total. The molecular formula is C15H13Cl2N2O3-. The normalized spacial score (nSPS) is 10.2. The minimum atomic E-state index is -0.631. The molecule has 0 bridgehead atoms. The second kappa shape index (κ2) is 6.85. The molecule has 5 nitrogen and oxygen atoms in total. The number of ether oxygens (including phenoxy) is 2. The lowest BCUT2D eigenvalue weighted by Crippen LogP contribution is -2.08. The molecule has 0 atom stereocenters. The van der Waals surface area contributed by atoms with Crippen LogP contribution in [-0.2, 0) is 4.74 Å². The van der Waals surface area contributed by atoms with Crippen LogP contribution in [-0.4, -0.2) is 32.2 Å². The van der Waals surface area contributed by atoms with Gasteiger partial charge in [-0.3, -0.25) is 0 Å². The Hall–Kier alpha value is -1.98. The number of esters is 1. The predicted molar refractivity (Wildman–Crippen MR) is 86.5 cm³/mol. The average molecular weight is 340 g/mol. The summed E-state index contributed by atoms with van der Waals surface area (Å²) in [5.41, 5.74) is 1.46. The Morgan fingerprint density at radius 2 is 1.82 bits per heavy atom. The van der Waals surface area contributed by atoms with Crippen molar-refractivity contribution >= 4 is 34.9 Å². The van der Waals surface area contributed by atoms with E-state index in [4.69, 9.17) is 32.7 Å². The fourth-order valence-electron chi connectivity index (χ4n) is 1.96. The van der Waals surface area contributed by atoms with Gasteiger partial charge in [0.05, 0.1) is 24.9 Å². The summed E-state index contributed by atoms with van der Waals surface area (Å²) in [7, 11) is 4.23. The standard InChI is InChI=1S/C15H13Cl2N2O3/c1-18-12-10(17)11(8-4-6-9(16)7-5-8)19-13(14(12)21-2)15(20)22-3/h4-7H,1-3H3/q-1. The zero-order chi connectivity index (χ0) is 16.3. The van der Waals surface area contributed by atoms with Crippen LogP contribution in [0.1, 0.15) is 10.5 Å². The maximum absolute atomic E-state index is 11.9. The summed E-state index contributed by atoms with van der Waals surface area (Å²) in [6, 6.07) is 6.92. The molecule has 0 amide bonds.